The van der Waals surface area contributed by atoms with Gasteiger partial charge in [0.1, 0.15) is 0 Å². The van der Waals surface area contributed by atoms with Crippen LogP contribution in [0.15, 0.2) is 36.4 Å². The van der Waals surface area contributed by atoms with Crippen LogP contribution in [0.4, 0.5) is 0 Å². The van der Waals surface area contributed by atoms with Gasteiger partial charge in [-0.2, -0.15) is 0 Å². The molecule has 0 amide bonds. The summed E-state index contributed by atoms with van der Waals surface area (Å²) < 4.78 is 1.12. The molecule has 0 fully saturated rings. The molecule has 2 aromatic rings. The Kier molecular flexibility index (Phi) is 20.3. The highest BCUT2D eigenvalue weighted by molar-refractivity contribution is 5.97. The number of carboxylic acids is 1. The van der Waals surface area contributed by atoms with Crippen LogP contribution in [-0.2, 0) is 0 Å². The van der Waals surface area contributed by atoms with E-state index in [1.165, 1.54) is 147 Å². The van der Waals surface area contributed by atoms with Crippen LogP contribution in [0.2, 0.25) is 0 Å². The van der Waals surface area contributed by atoms with Crippen LogP contribution >= 0.6 is 0 Å². The van der Waals surface area contributed by atoms with Gasteiger partial charge < -0.3 is 14.7 Å². The van der Waals surface area contributed by atoms with E-state index < -0.39 is 11.7 Å². The zero-order valence-corrected chi connectivity index (χ0v) is 26.5. The second kappa shape index (κ2) is 22.6. The molecule has 0 bridgehead atoms. The summed E-state index contributed by atoms with van der Waals surface area (Å²) in [5, 5.41) is 21.6. The van der Waals surface area contributed by atoms with E-state index in [2.05, 4.69) is 28.1 Å². The number of fused-ring (bicyclic) bond motifs is 1. The van der Waals surface area contributed by atoms with Crippen molar-refractivity contribution in [1.82, 2.24) is 0 Å². The summed E-state index contributed by atoms with van der Waals surface area (Å²) in [5.41, 5.74) is -0.177. The summed E-state index contributed by atoms with van der Waals surface area (Å²) in [4.78, 5) is 10.7. The third kappa shape index (κ3) is 19.1. The number of unbranched alkanes of at least 4 members (excludes halogenated alkanes) is 19. The lowest BCUT2D eigenvalue weighted by Gasteiger charge is -2.23. The smallest absolute Gasteiger partial charge is 0.335 e. The molecule has 2 aromatic carbocycles. The van der Waals surface area contributed by atoms with Crippen LogP contribution in [0.5, 0.6) is 5.75 Å². The molecule has 0 heterocycles. The van der Waals surface area contributed by atoms with Crippen molar-refractivity contribution in [3.05, 3.63) is 42.0 Å². The maximum Gasteiger partial charge on any atom is 0.335 e. The summed E-state index contributed by atoms with van der Waals surface area (Å²) in [6.07, 6.45) is 29.3. The molecular formula is C36H61NO3. The summed E-state index contributed by atoms with van der Waals surface area (Å²) >= 11 is 0. The highest BCUT2D eigenvalue weighted by atomic mass is 16.4. The SMILES string of the molecule is CCCCCCCCCCCCCCCCCCCCCC[N+](C)(C)C.O=C(O)c1cc2ccccc2cc1[O-]. The number of carboxylic acid groups (broad SMARTS) is 1. The Balaban J connectivity index is 0.000000473. The molecule has 0 unspecified atom stereocenters. The van der Waals surface area contributed by atoms with Crippen molar-refractivity contribution in [2.75, 3.05) is 27.7 Å². The lowest BCUT2D eigenvalue weighted by Crippen LogP contribution is -2.35. The summed E-state index contributed by atoms with van der Waals surface area (Å²) in [5.74, 6) is -1.63. The van der Waals surface area contributed by atoms with E-state index in [0.29, 0.717) is 0 Å². The van der Waals surface area contributed by atoms with Crippen LogP contribution in [-0.4, -0.2) is 43.2 Å². The van der Waals surface area contributed by atoms with Gasteiger partial charge >= 0.3 is 5.97 Å². The van der Waals surface area contributed by atoms with Crippen LogP contribution in [0.3, 0.4) is 0 Å². The van der Waals surface area contributed by atoms with Crippen molar-refractivity contribution >= 4 is 16.7 Å². The number of quaternary nitrogens is 1. The third-order valence-electron chi connectivity index (χ3n) is 7.76. The number of hydrogen-bond donors (Lipinski definition) is 1. The quantitative estimate of drug-likeness (QED) is 0.116. The molecule has 4 nitrogen and oxygen atoms in total. The Bertz CT molecular complexity index is 903. The molecule has 0 aliphatic carbocycles. The van der Waals surface area contributed by atoms with Gasteiger partial charge in [-0.3, -0.25) is 0 Å². The Morgan fingerprint density at radius 2 is 0.975 bits per heavy atom. The van der Waals surface area contributed by atoms with Crippen molar-refractivity contribution in [1.29, 1.82) is 0 Å². The molecule has 1 N–H and O–H groups in total. The average molecular weight is 556 g/mol. The Hall–Kier alpha value is -2.07. The molecule has 0 saturated heterocycles. The first-order chi connectivity index (χ1) is 19.2. The first-order valence-corrected chi connectivity index (χ1v) is 16.5. The molecule has 0 atom stereocenters. The van der Waals surface area contributed by atoms with Crippen molar-refractivity contribution < 1.29 is 19.5 Å². The topological polar surface area (TPSA) is 60.4 Å². The van der Waals surface area contributed by atoms with E-state index in [1.807, 2.05) is 6.07 Å². The van der Waals surface area contributed by atoms with Gasteiger partial charge in [0.2, 0.25) is 0 Å². The molecule has 0 spiro atoms. The minimum Gasteiger partial charge on any atom is -0.872 e. The van der Waals surface area contributed by atoms with Crippen molar-refractivity contribution in [2.24, 2.45) is 0 Å². The first kappa shape index (κ1) is 36.0. The van der Waals surface area contributed by atoms with Crippen LogP contribution in [0.25, 0.3) is 10.8 Å². The maximum absolute atomic E-state index is 11.3. The lowest BCUT2D eigenvalue weighted by molar-refractivity contribution is -0.870. The second-order valence-corrected chi connectivity index (χ2v) is 12.7. The summed E-state index contributed by atoms with van der Waals surface area (Å²) in [6, 6.07) is 9.92. The van der Waals surface area contributed by atoms with E-state index >= 15 is 0 Å². The van der Waals surface area contributed by atoms with Crippen molar-refractivity contribution in [3.8, 4) is 5.75 Å². The van der Waals surface area contributed by atoms with Gasteiger partial charge in [-0.1, -0.05) is 159 Å². The second-order valence-electron chi connectivity index (χ2n) is 12.7. The number of aromatic carboxylic acids is 1. The Morgan fingerprint density at radius 3 is 1.32 bits per heavy atom. The van der Waals surface area contributed by atoms with Gasteiger partial charge in [0.15, 0.2) is 0 Å². The minimum absolute atomic E-state index is 0.177. The Labute approximate surface area is 246 Å². The fourth-order valence-electron chi connectivity index (χ4n) is 5.23. The lowest BCUT2D eigenvalue weighted by atomic mass is 10.0. The van der Waals surface area contributed by atoms with E-state index in [1.54, 1.807) is 18.2 Å². The van der Waals surface area contributed by atoms with E-state index in [-0.39, 0.29) is 5.56 Å². The minimum atomic E-state index is -1.18. The molecule has 0 radical (unpaired) electrons. The average Bonchev–Trinajstić information content (AvgIpc) is 2.91. The summed E-state index contributed by atoms with van der Waals surface area (Å²) in [6.45, 7) is 3.63. The fourth-order valence-corrected chi connectivity index (χ4v) is 5.23. The molecule has 0 saturated carbocycles. The van der Waals surface area contributed by atoms with E-state index in [0.717, 1.165) is 15.3 Å². The van der Waals surface area contributed by atoms with Crippen molar-refractivity contribution in [3.63, 3.8) is 0 Å². The van der Waals surface area contributed by atoms with Gasteiger partial charge in [-0.05, 0) is 29.7 Å². The molecule has 40 heavy (non-hydrogen) atoms. The molecule has 0 aliphatic rings. The molecule has 2 rings (SSSR count). The predicted molar refractivity (Wildman–Crippen MR) is 171 cm³/mol. The molecule has 0 aliphatic heterocycles. The van der Waals surface area contributed by atoms with Crippen LogP contribution in [0, 0.1) is 0 Å². The number of hydrogen-bond acceptors (Lipinski definition) is 2. The zero-order valence-electron chi connectivity index (χ0n) is 26.5. The number of nitrogens with zero attached hydrogens (tertiary/aromatic N) is 1. The normalized spacial score (nSPS) is 11.4. The number of rotatable bonds is 22. The highest BCUT2D eigenvalue weighted by Crippen LogP contribution is 2.22. The summed E-state index contributed by atoms with van der Waals surface area (Å²) in [7, 11) is 6.90. The molecular weight excluding hydrogens is 494 g/mol. The van der Waals surface area contributed by atoms with Crippen LogP contribution in [0.1, 0.15) is 146 Å². The van der Waals surface area contributed by atoms with Gasteiger partial charge in [-0.15, -0.1) is 0 Å². The zero-order chi connectivity index (χ0) is 29.5. The van der Waals surface area contributed by atoms with E-state index in [9.17, 15) is 9.90 Å². The van der Waals surface area contributed by atoms with Gasteiger partial charge in [0, 0.05) is 0 Å². The van der Waals surface area contributed by atoms with Gasteiger partial charge in [-0.25, -0.2) is 4.79 Å². The number of benzene rings is 2. The fraction of sp³-hybridized carbons (Fsp3) is 0.694. The Morgan fingerprint density at radius 1 is 0.625 bits per heavy atom. The van der Waals surface area contributed by atoms with Gasteiger partial charge in [0.25, 0.3) is 0 Å². The van der Waals surface area contributed by atoms with Gasteiger partial charge in [0.05, 0.1) is 33.3 Å². The maximum atomic E-state index is 11.3. The van der Waals surface area contributed by atoms with Crippen LogP contribution < -0.4 is 5.11 Å². The highest BCUT2D eigenvalue weighted by Gasteiger charge is 2.05. The predicted octanol–water partition coefficient (Wildman–Crippen LogP) is 10.1. The van der Waals surface area contributed by atoms with Crippen molar-refractivity contribution in [2.45, 2.75) is 135 Å². The first-order valence-electron chi connectivity index (χ1n) is 16.5. The van der Waals surface area contributed by atoms with E-state index in [4.69, 9.17) is 5.11 Å². The molecule has 0 aromatic heterocycles. The monoisotopic (exact) mass is 555 g/mol. The standard InChI is InChI=1S/C25H54N.C11H8O3/c1-5-6-7-8-9-10-11-12-13-14-15-16-17-18-19-20-21-22-23-24-25-26(2,3)4;12-10-6-8-4-2-1-3-7(8)5-9(10)11(13)14/h5-25H2,1-4H3;1-6,12H,(H,13,14)/q+1;/p-1. The largest absolute Gasteiger partial charge is 0.872 e. The number of carbonyl (C=O) groups is 1. The molecule has 228 valence electrons. The third-order valence-corrected chi connectivity index (χ3v) is 7.76. The molecule has 4 heteroatoms.